The normalized spacial score (nSPS) is 11.6. The lowest BCUT2D eigenvalue weighted by atomic mass is 9.78. The van der Waals surface area contributed by atoms with Gasteiger partial charge in [-0.3, -0.25) is 0 Å². The van der Waals surface area contributed by atoms with Gasteiger partial charge in [0.15, 0.2) is 0 Å². The Kier molecular flexibility index (Phi) is 3.18. The van der Waals surface area contributed by atoms with Gasteiger partial charge in [0.25, 0.3) is 0 Å². The maximum absolute atomic E-state index is 12.4. The Morgan fingerprint density at radius 2 is 1.80 bits per heavy atom. The summed E-state index contributed by atoms with van der Waals surface area (Å²) < 4.78 is 37.1. The van der Waals surface area contributed by atoms with Gasteiger partial charge in [0.05, 0.1) is 5.56 Å². The number of alkyl halides is 3. The Bertz CT molecular complexity index is 383. The fourth-order valence-electron chi connectivity index (χ4n) is 1.09. The standard InChI is InChI=1S/C7H6BClF3NO2/c9-3-1-4(7(10,11)12)6(13)5(2-3)8(14)15/h1-2,14-15H,13H2. The monoisotopic (exact) mass is 239 g/mol. The summed E-state index contributed by atoms with van der Waals surface area (Å²) in [6.45, 7) is 0. The van der Waals surface area contributed by atoms with Crippen molar-refractivity contribution < 1.29 is 23.2 Å². The molecular weight excluding hydrogens is 233 g/mol. The Balaban J connectivity index is 3.42. The number of hydrogen-bond acceptors (Lipinski definition) is 3. The molecule has 1 aromatic rings. The van der Waals surface area contributed by atoms with Gasteiger partial charge < -0.3 is 15.8 Å². The van der Waals surface area contributed by atoms with E-state index in [-0.39, 0.29) is 5.02 Å². The third-order valence-electron chi connectivity index (χ3n) is 1.76. The first-order chi connectivity index (χ1) is 6.73. The average molecular weight is 239 g/mol. The predicted molar refractivity (Wildman–Crippen MR) is 50.7 cm³/mol. The molecule has 3 nitrogen and oxygen atoms in total. The third-order valence-corrected chi connectivity index (χ3v) is 1.98. The van der Waals surface area contributed by atoms with Gasteiger partial charge in [-0.15, -0.1) is 0 Å². The first-order valence-corrected chi connectivity index (χ1v) is 4.13. The molecule has 0 aromatic heterocycles. The van der Waals surface area contributed by atoms with Gasteiger partial charge in [0.2, 0.25) is 0 Å². The largest absolute Gasteiger partial charge is 0.490 e. The van der Waals surface area contributed by atoms with Gasteiger partial charge in [-0.05, 0) is 12.1 Å². The molecule has 0 heterocycles. The van der Waals surface area contributed by atoms with Gasteiger partial charge in [0.1, 0.15) is 0 Å². The number of benzene rings is 1. The van der Waals surface area contributed by atoms with Crippen molar-refractivity contribution in [3.8, 4) is 0 Å². The molecule has 0 unspecified atom stereocenters. The van der Waals surface area contributed by atoms with E-state index in [0.29, 0.717) is 6.07 Å². The van der Waals surface area contributed by atoms with Crippen molar-refractivity contribution in [2.24, 2.45) is 0 Å². The molecule has 15 heavy (non-hydrogen) atoms. The van der Waals surface area contributed by atoms with Gasteiger partial charge in [-0.1, -0.05) is 11.6 Å². The molecule has 0 bridgehead atoms. The highest BCUT2D eigenvalue weighted by molar-refractivity contribution is 6.61. The lowest BCUT2D eigenvalue weighted by Gasteiger charge is -2.13. The number of rotatable bonds is 1. The first-order valence-electron chi connectivity index (χ1n) is 3.75. The number of nitrogens with two attached hydrogens (primary N) is 1. The second-order valence-corrected chi connectivity index (χ2v) is 3.26. The van der Waals surface area contributed by atoms with Gasteiger partial charge in [-0.2, -0.15) is 13.2 Å². The topological polar surface area (TPSA) is 66.5 Å². The van der Waals surface area contributed by atoms with E-state index in [9.17, 15) is 13.2 Å². The Morgan fingerprint density at radius 3 is 2.20 bits per heavy atom. The van der Waals surface area contributed by atoms with Gasteiger partial charge >= 0.3 is 13.3 Å². The quantitative estimate of drug-likeness (QED) is 0.497. The number of nitrogen functional groups attached to an aromatic ring is 1. The molecule has 0 amide bonds. The van der Waals surface area contributed by atoms with Crippen LogP contribution in [-0.4, -0.2) is 17.2 Å². The fourth-order valence-corrected chi connectivity index (χ4v) is 1.31. The van der Waals surface area contributed by atoms with E-state index in [4.69, 9.17) is 27.4 Å². The van der Waals surface area contributed by atoms with Crippen LogP contribution in [0.4, 0.5) is 18.9 Å². The molecule has 0 fully saturated rings. The van der Waals surface area contributed by atoms with Crippen molar-refractivity contribution in [2.75, 3.05) is 5.73 Å². The van der Waals surface area contributed by atoms with Crippen molar-refractivity contribution in [1.82, 2.24) is 0 Å². The molecule has 0 aliphatic carbocycles. The minimum absolute atomic E-state index is 0.264. The highest BCUT2D eigenvalue weighted by atomic mass is 35.5. The zero-order valence-corrected chi connectivity index (χ0v) is 7.97. The maximum atomic E-state index is 12.4. The van der Waals surface area contributed by atoms with Crippen molar-refractivity contribution in [1.29, 1.82) is 0 Å². The summed E-state index contributed by atoms with van der Waals surface area (Å²) >= 11 is 5.39. The van der Waals surface area contributed by atoms with Gasteiger partial charge in [0, 0.05) is 16.2 Å². The second kappa shape index (κ2) is 3.92. The van der Waals surface area contributed by atoms with E-state index < -0.39 is 30.0 Å². The van der Waals surface area contributed by atoms with Crippen LogP contribution >= 0.6 is 11.6 Å². The van der Waals surface area contributed by atoms with Crippen LogP contribution in [0, 0.1) is 0 Å². The summed E-state index contributed by atoms with van der Waals surface area (Å²) in [5.41, 5.74) is 2.76. The third kappa shape index (κ3) is 2.56. The van der Waals surface area contributed by atoms with Crippen molar-refractivity contribution in [3.63, 3.8) is 0 Å². The van der Waals surface area contributed by atoms with Crippen LogP contribution in [0.5, 0.6) is 0 Å². The molecule has 4 N–H and O–H groups in total. The lowest BCUT2D eigenvalue weighted by Crippen LogP contribution is -2.34. The van der Waals surface area contributed by atoms with Crippen LogP contribution in [0.25, 0.3) is 0 Å². The Labute approximate surface area is 88.4 Å². The molecule has 0 radical (unpaired) electrons. The minimum atomic E-state index is -4.68. The van der Waals surface area contributed by atoms with E-state index in [1.54, 1.807) is 0 Å². The predicted octanol–water partition coefficient (Wildman–Crippen LogP) is 0.621. The Hall–Kier alpha value is -0.915. The summed E-state index contributed by atoms with van der Waals surface area (Å²) in [6.07, 6.45) is -4.68. The molecule has 82 valence electrons. The molecule has 0 saturated carbocycles. The SMILES string of the molecule is Nc1c(B(O)O)cc(Cl)cc1C(F)(F)F. The number of hydrogen-bond donors (Lipinski definition) is 3. The molecule has 8 heteroatoms. The molecule has 1 rings (SSSR count). The zero-order valence-electron chi connectivity index (χ0n) is 7.22. The molecule has 1 aromatic carbocycles. The van der Waals surface area contributed by atoms with Crippen LogP contribution in [0.15, 0.2) is 12.1 Å². The molecule has 0 aliphatic heterocycles. The van der Waals surface area contributed by atoms with Crippen LogP contribution < -0.4 is 11.2 Å². The summed E-state index contributed by atoms with van der Waals surface area (Å²) in [5.74, 6) is 0. The summed E-state index contributed by atoms with van der Waals surface area (Å²) in [5, 5.41) is 17.3. The van der Waals surface area contributed by atoms with Crippen LogP contribution in [0.3, 0.4) is 0 Å². The zero-order chi connectivity index (χ0) is 11.8. The van der Waals surface area contributed by atoms with Crippen LogP contribution in [-0.2, 0) is 6.18 Å². The van der Waals surface area contributed by atoms with E-state index in [1.807, 2.05) is 0 Å². The molecule has 0 spiro atoms. The van der Waals surface area contributed by atoms with Crippen LogP contribution in [0.1, 0.15) is 5.56 Å². The van der Waals surface area contributed by atoms with E-state index in [2.05, 4.69) is 0 Å². The van der Waals surface area contributed by atoms with E-state index in [0.717, 1.165) is 6.07 Å². The lowest BCUT2D eigenvalue weighted by molar-refractivity contribution is -0.136. The van der Waals surface area contributed by atoms with Crippen molar-refractivity contribution in [2.45, 2.75) is 6.18 Å². The Morgan fingerprint density at radius 1 is 1.27 bits per heavy atom. The maximum Gasteiger partial charge on any atom is 0.490 e. The minimum Gasteiger partial charge on any atom is -0.423 e. The smallest absolute Gasteiger partial charge is 0.423 e. The number of halogens is 4. The molecule has 0 atom stereocenters. The first kappa shape index (κ1) is 12.2. The van der Waals surface area contributed by atoms with Crippen molar-refractivity contribution >= 4 is 29.9 Å². The molecule has 0 aliphatic rings. The van der Waals surface area contributed by atoms with Crippen molar-refractivity contribution in [3.05, 3.63) is 22.7 Å². The number of anilines is 1. The molecular formula is C7H6BClF3NO2. The highest BCUT2D eigenvalue weighted by Gasteiger charge is 2.35. The van der Waals surface area contributed by atoms with E-state index >= 15 is 0 Å². The summed E-state index contributed by atoms with van der Waals surface area (Å²) in [4.78, 5) is 0. The average Bonchev–Trinajstić information content (AvgIpc) is 2.06. The highest BCUT2D eigenvalue weighted by Crippen LogP contribution is 2.34. The summed E-state index contributed by atoms with van der Waals surface area (Å²) in [7, 11) is -2.09. The second-order valence-electron chi connectivity index (χ2n) is 2.83. The fraction of sp³-hybridized carbons (Fsp3) is 0.143. The van der Waals surface area contributed by atoms with E-state index in [1.165, 1.54) is 0 Å². The summed E-state index contributed by atoms with van der Waals surface area (Å²) in [6, 6.07) is 1.60. The molecule has 0 saturated heterocycles. The van der Waals surface area contributed by atoms with Crippen LogP contribution in [0.2, 0.25) is 5.02 Å². The van der Waals surface area contributed by atoms with Gasteiger partial charge in [-0.25, -0.2) is 0 Å².